The van der Waals surface area contributed by atoms with Gasteiger partial charge in [-0.15, -0.1) is 0 Å². The molecule has 14 heteroatoms. The Morgan fingerprint density at radius 1 is 0.724 bits per heavy atom. The maximum Gasteiger partial charge on any atom is 0.326 e. The largest absolute Gasteiger partial charge is 0.481 e. The summed E-state index contributed by atoms with van der Waals surface area (Å²) in [5.41, 5.74) is 5.12. The van der Waals surface area contributed by atoms with Crippen LogP contribution in [0.3, 0.4) is 0 Å². The van der Waals surface area contributed by atoms with Crippen molar-refractivity contribution in [3.05, 3.63) is 0 Å². The summed E-state index contributed by atoms with van der Waals surface area (Å²) in [7, 11) is 0. The number of nitrogens with two attached hydrogens (primary N) is 1. The SMILES string of the molecule is NCC(=O)NC(CCC(=O)O)C(=O)NC(CO)C(=O)NC(CCC(=O)O)C(=O)O. The predicted octanol–water partition coefficient (Wildman–Crippen LogP) is -3.79. The molecule has 0 fully saturated rings. The van der Waals surface area contributed by atoms with Gasteiger partial charge in [-0.1, -0.05) is 0 Å². The number of carboxylic acids is 3. The molecular weight excluding hydrogens is 396 g/mol. The van der Waals surface area contributed by atoms with E-state index >= 15 is 0 Å². The van der Waals surface area contributed by atoms with Crippen molar-refractivity contribution in [2.75, 3.05) is 13.2 Å². The Morgan fingerprint density at radius 3 is 1.59 bits per heavy atom. The van der Waals surface area contributed by atoms with Gasteiger partial charge in [0.15, 0.2) is 0 Å². The minimum absolute atomic E-state index is 0.330. The van der Waals surface area contributed by atoms with Crippen molar-refractivity contribution in [1.29, 1.82) is 0 Å². The molecule has 0 radical (unpaired) electrons. The summed E-state index contributed by atoms with van der Waals surface area (Å²) in [6, 6.07) is -4.58. The molecule has 9 N–H and O–H groups in total. The molecule has 0 bridgehead atoms. The van der Waals surface area contributed by atoms with Crippen LogP contribution in [0.1, 0.15) is 25.7 Å². The average Bonchev–Trinajstić information content (AvgIpc) is 2.64. The second kappa shape index (κ2) is 13.0. The first-order valence-electron chi connectivity index (χ1n) is 8.39. The summed E-state index contributed by atoms with van der Waals surface area (Å²) < 4.78 is 0. The molecule has 0 aliphatic heterocycles. The van der Waals surface area contributed by atoms with Gasteiger partial charge >= 0.3 is 17.9 Å². The number of aliphatic hydroxyl groups is 1. The third-order valence-electron chi connectivity index (χ3n) is 3.56. The Balaban J connectivity index is 5.10. The summed E-state index contributed by atoms with van der Waals surface area (Å²) in [6.45, 7) is -1.43. The van der Waals surface area contributed by atoms with Crippen LogP contribution in [0.2, 0.25) is 0 Å². The van der Waals surface area contributed by atoms with Crippen LogP contribution in [-0.4, -0.2) is 87.3 Å². The highest BCUT2D eigenvalue weighted by Crippen LogP contribution is 2.02. The lowest BCUT2D eigenvalue weighted by Gasteiger charge is -2.23. The second-order valence-electron chi connectivity index (χ2n) is 5.83. The molecule has 164 valence electrons. The van der Waals surface area contributed by atoms with Crippen molar-refractivity contribution >= 4 is 35.6 Å². The molecule has 0 aromatic carbocycles. The molecule has 0 saturated carbocycles. The predicted molar refractivity (Wildman–Crippen MR) is 93.3 cm³/mol. The number of rotatable bonds is 14. The molecule has 0 aromatic rings. The number of aliphatic hydroxyl groups excluding tert-OH is 1. The average molecular weight is 420 g/mol. The van der Waals surface area contributed by atoms with Gasteiger partial charge in [-0.25, -0.2) is 4.79 Å². The van der Waals surface area contributed by atoms with E-state index in [9.17, 15) is 33.9 Å². The molecular formula is C15H24N4O10. The molecule has 0 rings (SSSR count). The van der Waals surface area contributed by atoms with Crippen LogP contribution in [-0.2, 0) is 28.8 Å². The van der Waals surface area contributed by atoms with Crippen molar-refractivity contribution in [2.45, 2.75) is 43.8 Å². The molecule has 3 unspecified atom stereocenters. The molecule has 29 heavy (non-hydrogen) atoms. The van der Waals surface area contributed by atoms with E-state index in [1.807, 2.05) is 5.32 Å². The Kier molecular flexibility index (Phi) is 11.5. The van der Waals surface area contributed by atoms with E-state index in [0.29, 0.717) is 0 Å². The van der Waals surface area contributed by atoms with Gasteiger partial charge in [0.1, 0.15) is 18.1 Å². The van der Waals surface area contributed by atoms with Gasteiger partial charge in [0, 0.05) is 12.8 Å². The third kappa shape index (κ3) is 10.6. The zero-order valence-corrected chi connectivity index (χ0v) is 15.3. The topological polar surface area (TPSA) is 245 Å². The fraction of sp³-hybridized carbons (Fsp3) is 0.600. The number of carbonyl (C=O) groups excluding carboxylic acids is 3. The van der Waals surface area contributed by atoms with Crippen molar-refractivity contribution in [1.82, 2.24) is 16.0 Å². The molecule has 0 aliphatic carbocycles. The summed E-state index contributed by atoms with van der Waals surface area (Å²) in [6.07, 6.45) is -1.80. The number of amides is 3. The lowest BCUT2D eigenvalue weighted by molar-refractivity contribution is -0.143. The normalized spacial score (nSPS) is 13.4. The molecule has 0 aliphatic rings. The van der Waals surface area contributed by atoms with Crippen molar-refractivity contribution < 1.29 is 49.2 Å². The minimum Gasteiger partial charge on any atom is -0.481 e. The van der Waals surface area contributed by atoms with Crippen LogP contribution in [0.25, 0.3) is 0 Å². The maximum atomic E-state index is 12.3. The number of hydrogen-bond acceptors (Lipinski definition) is 8. The first-order valence-corrected chi connectivity index (χ1v) is 8.39. The number of nitrogens with one attached hydrogen (secondary N) is 3. The maximum absolute atomic E-state index is 12.3. The highest BCUT2D eigenvalue weighted by atomic mass is 16.4. The lowest BCUT2D eigenvalue weighted by Crippen LogP contribution is -2.57. The van der Waals surface area contributed by atoms with Gasteiger partial charge in [0.05, 0.1) is 13.2 Å². The van der Waals surface area contributed by atoms with Crippen molar-refractivity contribution in [3.63, 3.8) is 0 Å². The Hall–Kier alpha value is -3.26. The van der Waals surface area contributed by atoms with Crippen molar-refractivity contribution in [2.24, 2.45) is 5.73 Å². The van der Waals surface area contributed by atoms with Gasteiger partial charge in [0.25, 0.3) is 0 Å². The van der Waals surface area contributed by atoms with Crippen LogP contribution < -0.4 is 21.7 Å². The molecule has 0 heterocycles. The summed E-state index contributed by atoms with van der Waals surface area (Å²) >= 11 is 0. The Morgan fingerprint density at radius 2 is 1.17 bits per heavy atom. The molecule has 3 atom stereocenters. The third-order valence-corrected chi connectivity index (χ3v) is 3.56. The second-order valence-corrected chi connectivity index (χ2v) is 5.83. The Bertz CT molecular complexity index is 639. The number of carboxylic acid groups (broad SMARTS) is 3. The quantitative estimate of drug-likeness (QED) is 0.135. The van der Waals surface area contributed by atoms with Gasteiger partial charge < -0.3 is 42.1 Å². The van der Waals surface area contributed by atoms with Gasteiger partial charge in [-0.2, -0.15) is 0 Å². The van der Waals surface area contributed by atoms with E-state index in [1.165, 1.54) is 0 Å². The number of carbonyl (C=O) groups is 6. The molecule has 0 aromatic heterocycles. The number of hydrogen-bond donors (Lipinski definition) is 8. The van der Waals surface area contributed by atoms with Gasteiger partial charge in [0.2, 0.25) is 17.7 Å². The minimum atomic E-state index is -1.63. The van der Waals surface area contributed by atoms with Crippen molar-refractivity contribution in [3.8, 4) is 0 Å². The van der Waals surface area contributed by atoms with E-state index < -0.39 is 86.2 Å². The van der Waals surface area contributed by atoms with Crippen LogP contribution >= 0.6 is 0 Å². The van der Waals surface area contributed by atoms with E-state index in [2.05, 4.69) is 10.6 Å². The highest BCUT2D eigenvalue weighted by Gasteiger charge is 2.29. The van der Waals surface area contributed by atoms with E-state index in [4.69, 9.17) is 21.1 Å². The summed E-state index contributed by atoms with van der Waals surface area (Å²) in [4.78, 5) is 68.2. The standard InChI is InChI=1S/C15H24N4O10/c16-5-10(21)17-7(1-3-11(22)23)13(26)19-9(6-20)14(27)18-8(15(28)29)2-4-12(24)25/h7-9,20H,1-6,16H2,(H,17,21)(H,18,27)(H,19,26)(H,22,23)(H,24,25)(H,28,29). The summed E-state index contributed by atoms with van der Waals surface area (Å²) in [5, 5.41) is 41.9. The fourth-order valence-corrected chi connectivity index (χ4v) is 2.05. The number of aliphatic carboxylic acids is 3. The zero-order chi connectivity index (χ0) is 22.6. The Labute approximate surface area is 164 Å². The van der Waals surface area contributed by atoms with E-state index in [-0.39, 0.29) is 6.42 Å². The molecule has 0 spiro atoms. The fourth-order valence-electron chi connectivity index (χ4n) is 2.05. The summed E-state index contributed by atoms with van der Waals surface area (Å²) in [5.74, 6) is -6.92. The van der Waals surface area contributed by atoms with Crippen LogP contribution in [0.4, 0.5) is 0 Å². The van der Waals surface area contributed by atoms with Gasteiger partial charge in [-0.3, -0.25) is 24.0 Å². The van der Waals surface area contributed by atoms with Crippen LogP contribution in [0.15, 0.2) is 0 Å². The van der Waals surface area contributed by atoms with E-state index in [1.54, 1.807) is 0 Å². The highest BCUT2D eigenvalue weighted by molar-refractivity contribution is 5.93. The van der Waals surface area contributed by atoms with E-state index in [0.717, 1.165) is 0 Å². The van der Waals surface area contributed by atoms with Crippen LogP contribution in [0, 0.1) is 0 Å². The smallest absolute Gasteiger partial charge is 0.326 e. The van der Waals surface area contributed by atoms with Crippen LogP contribution in [0.5, 0.6) is 0 Å². The molecule has 14 nitrogen and oxygen atoms in total. The first kappa shape index (κ1) is 25.7. The molecule has 0 saturated heterocycles. The first-order chi connectivity index (χ1) is 13.5. The zero-order valence-electron chi connectivity index (χ0n) is 15.3. The lowest BCUT2D eigenvalue weighted by atomic mass is 10.1. The van der Waals surface area contributed by atoms with Gasteiger partial charge in [-0.05, 0) is 12.8 Å². The molecule has 3 amide bonds. The monoisotopic (exact) mass is 420 g/mol.